The third-order valence-electron chi connectivity index (χ3n) is 2.78. The molecule has 0 radical (unpaired) electrons. The predicted molar refractivity (Wildman–Crippen MR) is 71.7 cm³/mol. The largest absolute Gasteiger partial charge is 0.383 e. The highest BCUT2D eigenvalue weighted by atomic mass is 16.5. The van der Waals surface area contributed by atoms with E-state index in [1.807, 2.05) is 18.3 Å². The lowest BCUT2D eigenvalue weighted by Gasteiger charge is -2.15. The molecule has 0 saturated heterocycles. The number of nitrogens with zero attached hydrogens (tertiary/aromatic N) is 2. The molecule has 0 aliphatic rings. The van der Waals surface area contributed by atoms with Crippen molar-refractivity contribution in [1.29, 1.82) is 0 Å². The van der Waals surface area contributed by atoms with E-state index in [0.717, 1.165) is 18.7 Å². The van der Waals surface area contributed by atoms with Gasteiger partial charge in [-0.15, -0.1) is 0 Å². The van der Waals surface area contributed by atoms with Crippen LogP contribution in [0.1, 0.15) is 19.2 Å². The summed E-state index contributed by atoms with van der Waals surface area (Å²) in [5.74, 6) is 1.21. The summed E-state index contributed by atoms with van der Waals surface area (Å²) in [4.78, 5) is 7.43. The number of ether oxygens (including phenoxy) is 1. The fraction of sp³-hybridized carbons (Fsp3) is 0.538. The van der Waals surface area contributed by atoms with Crippen LogP contribution in [-0.2, 0) is 11.2 Å². The Balaban J connectivity index is 1.97. The summed E-state index contributed by atoms with van der Waals surface area (Å²) in [7, 11) is 1.69. The Morgan fingerprint density at radius 1 is 1.53 bits per heavy atom. The van der Waals surface area contributed by atoms with Crippen LogP contribution in [0.3, 0.4) is 0 Å². The Bertz CT molecular complexity index is 467. The molecule has 0 aromatic carbocycles. The fourth-order valence-corrected chi connectivity index (χ4v) is 1.87. The Kier molecular flexibility index (Phi) is 5.11. The van der Waals surface area contributed by atoms with E-state index in [0.29, 0.717) is 24.7 Å². The summed E-state index contributed by atoms with van der Waals surface area (Å²) in [6.45, 7) is 3.71. The van der Waals surface area contributed by atoms with Crippen LogP contribution in [0.2, 0.25) is 0 Å². The molecule has 0 bridgehead atoms. The molecule has 6 nitrogen and oxygen atoms in total. The van der Waals surface area contributed by atoms with Crippen LogP contribution in [0.25, 0.3) is 11.5 Å². The lowest BCUT2D eigenvalue weighted by Crippen LogP contribution is -2.35. The fourth-order valence-electron chi connectivity index (χ4n) is 1.87. The Morgan fingerprint density at radius 2 is 2.42 bits per heavy atom. The second kappa shape index (κ2) is 7.06. The first-order valence-corrected chi connectivity index (χ1v) is 6.52. The average molecular weight is 264 g/mol. The highest BCUT2D eigenvalue weighted by Gasteiger charge is 2.15. The lowest BCUT2D eigenvalue weighted by molar-refractivity contribution is 0.161. The summed E-state index contributed by atoms with van der Waals surface area (Å²) in [6, 6.07) is 4.01. The number of hydrogen-bond donors (Lipinski definition) is 2. The summed E-state index contributed by atoms with van der Waals surface area (Å²) in [5.41, 5.74) is 0.861. The van der Waals surface area contributed by atoms with E-state index >= 15 is 0 Å². The van der Waals surface area contributed by atoms with Crippen molar-refractivity contribution in [3.63, 3.8) is 0 Å². The van der Waals surface area contributed by atoms with Gasteiger partial charge in [0.25, 0.3) is 0 Å². The van der Waals surface area contributed by atoms with Crippen molar-refractivity contribution in [3.05, 3.63) is 24.2 Å². The monoisotopic (exact) mass is 264 g/mol. The van der Waals surface area contributed by atoms with Crippen molar-refractivity contribution in [3.8, 4) is 11.5 Å². The molecule has 2 aromatic heterocycles. The van der Waals surface area contributed by atoms with Crippen molar-refractivity contribution in [2.24, 2.45) is 0 Å². The normalized spacial score (nSPS) is 12.7. The van der Waals surface area contributed by atoms with Gasteiger partial charge < -0.3 is 19.6 Å². The first-order valence-electron chi connectivity index (χ1n) is 6.52. The van der Waals surface area contributed by atoms with Crippen LogP contribution >= 0.6 is 0 Å². The number of hydrogen-bond acceptors (Lipinski definition) is 5. The summed E-state index contributed by atoms with van der Waals surface area (Å²) in [6.07, 6.45) is 3.58. The quantitative estimate of drug-likeness (QED) is 0.757. The Morgan fingerprint density at radius 3 is 3.11 bits per heavy atom. The molecule has 1 unspecified atom stereocenters. The first-order chi connectivity index (χ1) is 9.33. The van der Waals surface area contributed by atoms with Crippen molar-refractivity contribution in [2.45, 2.75) is 25.8 Å². The molecule has 19 heavy (non-hydrogen) atoms. The molecular formula is C13H20N4O2. The molecule has 104 valence electrons. The van der Waals surface area contributed by atoms with Gasteiger partial charge in [-0.2, -0.15) is 4.98 Å². The van der Waals surface area contributed by atoms with Gasteiger partial charge in [-0.1, -0.05) is 12.1 Å². The predicted octanol–water partition coefficient (Wildman–Crippen LogP) is 1.62. The van der Waals surface area contributed by atoms with Gasteiger partial charge in [0.2, 0.25) is 11.7 Å². The standard InChI is InChI=1S/C13H20N4O2/c1-3-6-14-10(9-18-2)8-12-16-13(17-19-12)11-5-4-7-15-11/h4-5,7,10,14-15H,3,6,8-9H2,1-2H3. The van der Waals surface area contributed by atoms with Gasteiger partial charge >= 0.3 is 0 Å². The maximum Gasteiger partial charge on any atom is 0.228 e. The summed E-state index contributed by atoms with van der Waals surface area (Å²) in [5, 5.41) is 7.37. The van der Waals surface area contributed by atoms with Crippen molar-refractivity contribution < 1.29 is 9.26 Å². The Hall–Kier alpha value is -1.66. The molecule has 2 heterocycles. The van der Waals surface area contributed by atoms with E-state index in [1.54, 1.807) is 7.11 Å². The van der Waals surface area contributed by atoms with Crippen LogP contribution < -0.4 is 5.32 Å². The van der Waals surface area contributed by atoms with Gasteiger partial charge in [0, 0.05) is 25.8 Å². The van der Waals surface area contributed by atoms with E-state index in [9.17, 15) is 0 Å². The molecule has 0 aliphatic carbocycles. The molecule has 2 N–H and O–H groups in total. The number of methoxy groups -OCH3 is 1. The number of H-pyrrole nitrogens is 1. The zero-order valence-electron chi connectivity index (χ0n) is 11.3. The zero-order valence-corrected chi connectivity index (χ0v) is 11.3. The number of aromatic amines is 1. The second-order valence-corrected chi connectivity index (χ2v) is 4.41. The summed E-state index contributed by atoms with van der Waals surface area (Å²) < 4.78 is 10.5. The van der Waals surface area contributed by atoms with Gasteiger partial charge in [-0.25, -0.2) is 0 Å². The molecular weight excluding hydrogens is 244 g/mol. The lowest BCUT2D eigenvalue weighted by atomic mass is 10.2. The van der Waals surface area contributed by atoms with Gasteiger partial charge in [0.05, 0.1) is 12.3 Å². The molecule has 0 aliphatic heterocycles. The SMILES string of the molecule is CCCNC(COC)Cc1nc(-c2ccc[nH]2)no1. The molecule has 0 amide bonds. The number of aromatic nitrogens is 3. The van der Waals surface area contributed by atoms with E-state index in [4.69, 9.17) is 9.26 Å². The second-order valence-electron chi connectivity index (χ2n) is 4.41. The van der Waals surface area contributed by atoms with E-state index < -0.39 is 0 Å². The smallest absolute Gasteiger partial charge is 0.228 e. The molecule has 1 atom stereocenters. The van der Waals surface area contributed by atoms with Crippen molar-refractivity contribution in [1.82, 2.24) is 20.4 Å². The van der Waals surface area contributed by atoms with Crippen molar-refractivity contribution >= 4 is 0 Å². The average Bonchev–Trinajstić information content (AvgIpc) is 3.06. The highest BCUT2D eigenvalue weighted by molar-refractivity contribution is 5.47. The molecule has 0 fully saturated rings. The van der Waals surface area contributed by atoms with Crippen LogP contribution in [-0.4, -0.2) is 41.4 Å². The van der Waals surface area contributed by atoms with Gasteiger partial charge in [-0.3, -0.25) is 0 Å². The minimum atomic E-state index is 0.196. The number of nitrogens with one attached hydrogen (secondary N) is 2. The third kappa shape index (κ3) is 3.90. The van der Waals surface area contributed by atoms with Gasteiger partial charge in [-0.05, 0) is 25.1 Å². The summed E-state index contributed by atoms with van der Waals surface area (Å²) >= 11 is 0. The maximum absolute atomic E-state index is 5.27. The van der Waals surface area contributed by atoms with Crippen LogP contribution in [0.5, 0.6) is 0 Å². The first kappa shape index (κ1) is 13.8. The van der Waals surface area contributed by atoms with Crippen LogP contribution in [0.15, 0.2) is 22.9 Å². The van der Waals surface area contributed by atoms with E-state index in [1.165, 1.54) is 0 Å². The molecule has 2 aromatic rings. The van der Waals surface area contributed by atoms with Crippen LogP contribution in [0, 0.1) is 0 Å². The number of rotatable bonds is 8. The van der Waals surface area contributed by atoms with E-state index in [2.05, 4.69) is 27.4 Å². The molecule has 2 rings (SSSR count). The van der Waals surface area contributed by atoms with Crippen LogP contribution in [0.4, 0.5) is 0 Å². The van der Waals surface area contributed by atoms with E-state index in [-0.39, 0.29) is 6.04 Å². The maximum atomic E-state index is 5.27. The minimum Gasteiger partial charge on any atom is -0.383 e. The highest BCUT2D eigenvalue weighted by Crippen LogP contribution is 2.13. The zero-order chi connectivity index (χ0) is 13.5. The third-order valence-corrected chi connectivity index (χ3v) is 2.78. The molecule has 0 spiro atoms. The van der Waals surface area contributed by atoms with Crippen molar-refractivity contribution in [2.75, 3.05) is 20.3 Å². The molecule has 0 saturated carbocycles. The van der Waals surface area contributed by atoms with Gasteiger partial charge in [0.1, 0.15) is 0 Å². The van der Waals surface area contributed by atoms with Gasteiger partial charge in [0.15, 0.2) is 0 Å². The Labute approximate surface area is 112 Å². The molecule has 6 heteroatoms. The topological polar surface area (TPSA) is 76.0 Å². The minimum absolute atomic E-state index is 0.196.